The Hall–Kier alpha value is -2.02. The molecule has 0 saturated carbocycles. The summed E-state index contributed by atoms with van der Waals surface area (Å²) in [5, 5.41) is 2.37. The summed E-state index contributed by atoms with van der Waals surface area (Å²) in [7, 11) is 0. The van der Waals surface area contributed by atoms with E-state index < -0.39 is 17.6 Å². The SMILES string of the molecule is Cc1nc(C)c(CC(=O)Nc2cc(C(F)(F)F)ccc2Cl)o1. The monoisotopic (exact) mass is 332 g/mol. The number of nitrogens with one attached hydrogen (secondary N) is 1. The van der Waals surface area contributed by atoms with Crippen LogP contribution in [0, 0.1) is 13.8 Å². The largest absolute Gasteiger partial charge is 0.445 e. The van der Waals surface area contributed by atoms with E-state index in [0.29, 0.717) is 17.3 Å². The van der Waals surface area contributed by atoms with E-state index in [4.69, 9.17) is 16.0 Å². The van der Waals surface area contributed by atoms with Crippen molar-refractivity contribution < 1.29 is 22.4 Å². The number of hydrogen-bond donors (Lipinski definition) is 1. The molecule has 0 spiro atoms. The summed E-state index contributed by atoms with van der Waals surface area (Å²) >= 11 is 5.81. The van der Waals surface area contributed by atoms with Gasteiger partial charge in [0.15, 0.2) is 5.89 Å². The molecular weight excluding hydrogens is 321 g/mol. The van der Waals surface area contributed by atoms with Gasteiger partial charge in [-0.15, -0.1) is 0 Å². The third kappa shape index (κ3) is 3.79. The number of aromatic nitrogens is 1. The molecule has 1 heterocycles. The van der Waals surface area contributed by atoms with E-state index in [1.807, 2.05) is 0 Å². The van der Waals surface area contributed by atoms with Crippen LogP contribution in [0.25, 0.3) is 0 Å². The molecule has 8 heteroatoms. The Kier molecular flexibility index (Phi) is 4.46. The predicted molar refractivity (Wildman–Crippen MR) is 74.8 cm³/mol. The van der Waals surface area contributed by atoms with Gasteiger partial charge in [-0.3, -0.25) is 4.79 Å². The van der Waals surface area contributed by atoms with Gasteiger partial charge in [0.2, 0.25) is 5.91 Å². The molecule has 4 nitrogen and oxygen atoms in total. The van der Waals surface area contributed by atoms with Crippen molar-refractivity contribution >= 4 is 23.2 Å². The summed E-state index contributed by atoms with van der Waals surface area (Å²) in [4.78, 5) is 15.9. The second-order valence-electron chi connectivity index (χ2n) is 4.66. The lowest BCUT2D eigenvalue weighted by Gasteiger charge is -2.11. The Morgan fingerprint density at radius 1 is 1.36 bits per heavy atom. The van der Waals surface area contributed by atoms with Crippen molar-refractivity contribution in [3.05, 3.63) is 46.1 Å². The second-order valence-corrected chi connectivity index (χ2v) is 5.07. The molecule has 0 atom stereocenters. The van der Waals surface area contributed by atoms with Crippen LogP contribution in [0.15, 0.2) is 22.6 Å². The Balaban J connectivity index is 2.16. The molecule has 118 valence electrons. The first-order valence-electron chi connectivity index (χ1n) is 6.26. The lowest BCUT2D eigenvalue weighted by atomic mass is 10.2. The molecule has 2 rings (SSSR count). The molecule has 1 N–H and O–H groups in total. The van der Waals surface area contributed by atoms with Crippen molar-refractivity contribution in [2.75, 3.05) is 5.32 Å². The summed E-state index contributed by atoms with van der Waals surface area (Å²) in [6.07, 6.45) is -4.65. The molecule has 1 aromatic heterocycles. The Morgan fingerprint density at radius 3 is 2.59 bits per heavy atom. The Labute approximate surface area is 129 Å². The minimum atomic E-state index is -4.51. The number of amides is 1. The molecule has 0 bridgehead atoms. The number of carbonyl (C=O) groups excluding carboxylic acids is 1. The van der Waals surface area contributed by atoms with E-state index in [1.165, 1.54) is 0 Å². The summed E-state index contributed by atoms with van der Waals surface area (Å²) in [5.74, 6) is 0.232. The van der Waals surface area contributed by atoms with Gasteiger partial charge in [0.05, 0.1) is 28.4 Å². The van der Waals surface area contributed by atoms with Gasteiger partial charge in [0, 0.05) is 6.92 Å². The summed E-state index contributed by atoms with van der Waals surface area (Å²) in [5.41, 5.74) is -0.433. The number of alkyl halides is 3. The first kappa shape index (κ1) is 16.4. The van der Waals surface area contributed by atoms with Gasteiger partial charge in [0.25, 0.3) is 0 Å². The highest BCUT2D eigenvalue weighted by Crippen LogP contribution is 2.33. The number of oxazole rings is 1. The minimum Gasteiger partial charge on any atom is -0.445 e. The van der Waals surface area contributed by atoms with Crippen LogP contribution in [-0.4, -0.2) is 10.9 Å². The number of anilines is 1. The molecule has 0 aliphatic heterocycles. The highest BCUT2D eigenvalue weighted by molar-refractivity contribution is 6.33. The van der Waals surface area contributed by atoms with Crippen LogP contribution in [0.3, 0.4) is 0 Å². The maximum Gasteiger partial charge on any atom is 0.416 e. The molecule has 0 unspecified atom stereocenters. The Bertz CT molecular complexity index is 711. The van der Waals surface area contributed by atoms with Gasteiger partial charge in [-0.05, 0) is 25.1 Å². The van der Waals surface area contributed by atoms with E-state index in [-0.39, 0.29) is 17.1 Å². The first-order valence-corrected chi connectivity index (χ1v) is 6.64. The number of halogens is 4. The van der Waals surface area contributed by atoms with Crippen molar-refractivity contribution in [2.45, 2.75) is 26.4 Å². The number of aryl methyl sites for hydroxylation is 2. The van der Waals surface area contributed by atoms with Crippen LogP contribution < -0.4 is 5.32 Å². The van der Waals surface area contributed by atoms with Crippen LogP contribution in [0.5, 0.6) is 0 Å². The van der Waals surface area contributed by atoms with E-state index in [2.05, 4.69) is 10.3 Å². The lowest BCUT2D eigenvalue weighted by molar-refractivity contribution is -0.137. The number of rotatable bonds is 3. The molecule has 0 aliphatic rings. The maximum absolute atomic E-state index is 12.7. The molecule has 0 fully saturated rings. The van der Waals surface area contributed by atoms with Crippen molar-refractivity contribution in [3.8, 4) is 0 Å². The van der Waals surface area contributed by atoms with Crippen molar-refractivity contribution in [2.24, 2.45) is 0 Å². The van der Waals surface area contributed by atoms with Crippen LogP contribution in [0.1, 0.15) is 22.9 Å². The quantitative estimate of drug-likeness (QED) is 0.918. The van der Waals surface area contributed by atoms with Crippen LogP contribution >= 0.6 is 11.6 Å². The van der Waals surface area contributed by atoms with Gasteiger partial charge in [-0.25, -0.2) is 4.98 Å². The molecule has 0 saturated heterocycles. The summed E-state index contributed by atoms with van der Waals surface area (Å²) in [6.45, 7) is 3.31. The zero-order valence-corrected chi connectivity index (χ0v) is 12.5. The standard InChI is InChI=1S/C14H12ClF3N2O2/c1-7-12(22-8(2)19-7)6-13(21)20-11-5-9(14(16,17)18)3-4-10(11)15/h3-5H,6H2,1-2H3,(H,20,21). The Morgan fingerprint density at radius 2 is 2.05 bits per heavy atom. The molecular formula is C14H12ClF3N2O2. The van der Waals surface area contributed by atoms with Crippen LogP contribution in [0.4, 0.5) is 18.9 Å². The molecule has 22 heavy (non-hydrogen) atoms. The fraction of sp³-hybridized carbons (Fsp3) is 0.286. The van der Waals surface area contributed by atoms with Crippen LogP contribution in [-0.2, 0) is 17.4 Å². The number of nitrogens with zero attached hydrogens (tertiary/aromatic N) is 1. The normalized spacial score (nSPS) is 11.5. The number of benzene rings is 1. The first-order chi connectivity index (χ1) is 10.2. The van der Waals surface area contributed by atoms with Crippen molar-refractivity contribution in [1.82, 2.24) is 4.98 Å². The van der Waals surface area contributed by atoms with Crippen molar-refractivity contribution in [3.63, 3.8) is 0 Å². The third-order valence-corrected chi connectivity index (χ3v) is 3.22. The van der Waals surface area contributed by atoms with E-state index >= 15 is 0 Å². The highest BCUT2D eigenvalue weighted by Gasteiger charge is 2.31. The molecule has 2 aromatic rings. The van der Waals surface area contributed by atoms with E-state index in [1.54, 1.807) is 13.8 Å². The minimum absolute atomic E-state index is 0.0202. The zero-order valence-electron chi connectivity index (χ0n) is 11.7. The lowest BCUT2D eigenvalue weighted by Crippen LogP contribution is -2.16. The topological polar surface area (TPSA) is 55.1 Å². The molecule has 1 aromatic carbocycles. The zero-order chi connectivity index (χ0) is 16.5. The summed E-state index contributed by atoms with van der Waals surface area (Å²) < 4.78 is 43.2. The third-order valence-electron chi connectivity index (χ3n) is 2.89. The van der Waals surface area contributed by atoms with Gasteiger partial charge in [-0.1, -0.05) is 11.6 Å². The number of carbonyl (C=O) groups is 1. The second kappa shape index (κ2) is 6.00. The fourth-order valence-electron chi connectivity index (χ4n) is 1.88. The molecule has 0 radical (unpaired) electrons. The molecule has 0 aliphatic carbocycles. The van der Waals surface area contributed by atoms with Gasteiger partial charge >= 0.3 is 6.18 Å². The average Bonchev–Trinajstić information content (AvgIpc) is 2.69. The van der Waals surface area contributed by atoms with Crippen LogP contribution in [0.2, 0.25) is 5.02 Å². The maximum atomic E-state index is 12.7. The molecule has 1 amide bonds. The van der Waals surface area contributed by atoms with E-state index in [0.717, 1.165) is 18.2 Å². The fourth-order valence-corrected chi connectivity index (χ4v) is 2.04. The van der Waals surface area contributed by atoms with Gasteiger partial charge in [-0.2, -0.15) is 13.2 Å². The summed E-state index contributed by atoms with van der Waals surface area (Å²) in [6, 6.07) is 2.73. The highest BCUT2D eigenvalue weighted by atomic mass is 35.5. The van der Waals surface area contributed by atoms with Crippen molar-refractivity contribution in [1.29, 1.82) is 0 Å². The number of hydrogen-bond acceptors (Lipinski definition) is 3. The average molecular weight is 333 g/mol. The smallest absolute Gasteiger partial charge is 0.416 e. The van der Waals surface area contributed by atoms with E-state index in [9.17, 15) is 18.0 Å². The predicted octanol–water partition coefficient (Wildman–Crippen LogP) is 4.14. The van der Waals surface area contributed by atoms with Gasteiger partial charge < -0.3 is 9.73 Å². The van der Waals surface area contributed by atoms with Gasteiger partial charge in [0.1, 0.15) is 5.76 Å².